The largest absolute Gasteiger partial charge is 0.439 e. The minimum atomic E-state index is -0.135. The van der Waals surface area contributed by atoms with Crippen LogP contribution in [-0.2, 0) is 0 Å². The van der Waals surface area contributed by atoms with Crippen molar-refractivity contribution in [1.29, 1.82) is 0 Å². The molecular weight excluding hydrogens is 365 g/mol. The van der Waals surface area contributed by atoms with Gasteiger partial charge in [-0.2, -0.15) is 0 Å². The van der Waals surface area contributed by atoms with Gasteiger partial charge in [0.2, 0.25) is 5.88 Å². The normalized spacial score (nSPS) is 16.2. The van der Waals surface area contributed by atoms with Gasteiger partial charge in [-0.25, -0.2) is 0 Å². The molecule has 2 heterocycles. The van der Waals surface area contributed by atoms with E-state index in [9.17, 15) is 4.79 Å². The highest BCUT2D eigenvalue weighted by Gasteiger charge is 2.27. The Bertz CT molecular complexity index is 972. The fourth-order valence-corrected chi connectivity index (χ4v) is 3.78. The fourth-order valence-electron chi connectivity index (χ4n) is 2.66. The maximum absolute atomic E-state index is 11.8. The number of benzene rings is 2. The van der Waals surface area contributed by atoms with Crippen molar-refractivity contribution in [1.82, 2.24) is 4.98 Å². The van der Waals surface area contributed by atoms with Gasteiger partial charge in [0.15, 0.2) is 0 Å². The summed E-state index contributed by atoms with van der Waals surface area (Å²) in [5, 5.41) is 1.34. The summed E-state index contributed by atoms with van der Waals surface area (Å²) in [7, 11) is 0. The second-order valence-electron chi connectivity index (χ2n) is 5.38. The zero-order valence-electron chi connectivity index (χ0n) is 12.3. The molecular formula is C18H11Cl2NO2S. The molecule has 4 rings (SSSR count). The Morgan fingerprint density at radius 1 is 0.958 bits per heavy atom. The Morgan fingerprint density at radius 2 is 1.58 bits per heavy atom. The topological polar surface area (TPSA) is 42.1 Å². The molecule has 1 aliphatic heterocycles. The van der Waals surface area contributed by atoms with E-state index in [4.69, 9.17) is 27.9 Å². The Balaban J connectivity index is 1.83. The third-order valence-electron chi connectivity index (χ3n) is 3.81. The van der Waals surface area contributed by atoms with E-state index in [1.165, 1.54) is 0 Å². The van der Waals surface area contributed by atoms with Crippen LogP contribution in [0.2, 0.25) is 10.0 Å². The molecule has 1 atom stereocenters. The highest BCUT2D eigenvalue weighted by molar-refractivity contribution is 7.09. The summed E-state index contributed by atoms with van der Waals surface area (Å²) in [4.78, 5) is 15.3. The average Bonchev–Trinajstić information content (AvgIpc) is 2.95. The lowest BCUT2D eigenvalue weighted by atomic mass is 9.94. The van der Waals surface area contributed by atoms with Gasteiger partial charge >= 0.3 is 4.87 Å². The van der Waals surface area contributed by atoms with E-state index in [1.54, 1.807) is 0 Å². The molecule has 0 fully saturated rings. The lowest BCUT2D eigenvalue weighted by Crippen LogP contribution is -2.09. The lowest BCUT2D eigenvalue weighted by molar-refractivity contribution is 0.476. The third-order valence-corrected chi connectivity index (χ3v) is 5.26. The molecule has 2 aromatic carbocycles. The summed E-state index contributed by atoms with van der Waals surface area (Å²) in [5.74, 6) is 1.12. The fraction of sp³-hybridized carbons (Fsp3) is 0.0556. The Kier molecular flexibility index (Phi) is 3.96. The molecule has 0 spiro atoms. The van der Waals surface area contributed by atoms with Crippen molar-refractivity contribution in [2.45, 2.75) is 5.92 Å². The van der Waals surface area contributed by atoms with E-state index in [2.05, 4.69) is 4.98 Å². The number of nitrogens with one attached hydrogen (secondary N) is 1. The van der Waals surface area contributed by atoms with Crippen LogP contribution >= 0.6 is 34.5 Å². The predicted molar refractivity (Wildman–Crippen MR) is 98.3 cm³/mol. The Morgan fingerprint density at radius 3 is 2.25 bits per heavy atom. The first kappa shape index (κ1) is 15.5. The summed E-state index contributed by atoms with van der Waals surface area (Å²) in [5.41, 5.74) is 1.95. The van der Waals surface area contributed by atoms with Crippen LogP contribution in [0.15, 0.2) is 59.4 Å². The number of rotatable bonds is 2. The monoisotopic (exact) mass is 375 g/mol. The molecule has 0 amide bonds. The number of allylic oxidation sites excluding steroid dienone is 1. The summed E-state index contributed by atoms with van der Waals surface area (Å²) in [6.45, 7) is 0. The number of aromatic amines is 1. The second-order valence-corrected chi connectivity index (χ2v) is 7.26. The minimum Gasteiger partial charge on any atom is -0.439 e. The Hall–Kier alpha value is -2.01. The maximum atomic E-state index is 11.8. The number of halogens is 2. The van der Waals surface area contributed by atoms with E-state index in [0.717, 1.165) is 27.3 Å². The zero-order chi connectivity index (χ0) is 16.7. The van der Waals surface area contributed by atoms with Crippen molar-refractivity contribution in [3.05, 3.63) is 90.3 Å². The molecule has 120 valence electrons. The van der Waals surface area contributed by atoms with Crippen LogP contribution in [0.25, 0.3) is 5.76 Å². The highest BCUT2D eigenvalue weighted by Crippen LogP contribution is 2.41. The van der Waals surface area contributed by atoms with Crippen molar-refractivity contribution < 1.29 is 4.74 Å². The van der Waals surface area contributed by atoms with Crippen molar-refractivity contribution in [2.24, 2.45) is 0 Å². The van der Waals surface area contributed by atoms with Crippen LogP contribution in [0, 0.1) is 0 Å². The van der Waals surface area contributed by atoms with Crippen LogP contribution < -0.4 is 9.61 Å². The molecule has 1 N–H and O–H groups in total. The van der Waals surface area contributed by atoms with Crippen molar-refractivity contribution in [3.8, 4) is 5.88 Å². The highest BCUT2D eigenvalue weighted by atomic mass is 35.5. The summed E-state index contributed by atoms with van der Waals surface area (Å²) in [6.07, 6.45) is 2.01. The van der Waals surface area contributed by atoms with Gasteiger partial charge in [-0.3, -0.25) is 9.78 Å². The van der Waals surface area contributed by atoms with Gasteiger partial charge in [-0.1, -0.05) is 46.7 Å². The number of aromatic nitrogens is 1. The van der Waals surface area contributed by atoms with E-state index >= 15 is 0 Å². The first-order chi connectivity index (χ1) is 11.6. The summed E-state index contributed by atoms with van der Waals surface area (Å²) in [6, 6.07) is 15.0. The molecule has 6 heteroatoms. The third kappa shape index (κ3) is 2.88. The number of ether oxygens (including phenoxy) is 1. The van der Waals surface area contributed by atoms with E-state index < -0.39 is 0 Å². The molecule has 0 saturated heterocycles. The predicted octanol–water partition coefficient (Wildman–Crippen LogP) is 5.31. The van der Waals surface area contributed by atoms with Gasteiger partial charge in [0.1, 0.15) is 5.76 Å². The Labute approximate surface area is 152 Å². The van der Waals surface area contributed by atoms with Crippen LogP contribution in [0.5, 0.6) is 5.88 Å². The maximum Gasteiger partial charge on any atom is 0.307 e. The number of H-pyrrole nitrogens is 1. The van der Waals surface area contributed by atoms with Crippen molar-refractivity contribution >= 4 is 40.3 Å². The molecule has 0 bridgehead atoms. The van der Waals surface area contributed by atoms with Crippen molar-refractivity contribution in [3.63, 3.8) is 0 Å². The second kappa shape index (κ2) is 6.13. The van der Waals surface area contributed by atoms with Gasteiger partial charge in [-0.15, -0.1) is 0 Å². The van der Waals surface area contributed by atoms with E-state index in [0.29, 0.717) is 21.7 Å². The number of fused-ring (bicyclic) bond motifs is 1. The number of thiazole rings is 1. The van der Waals surface area contributed by atoms with Gasteiger partial charge in [-0.05, 0) is 48.0 Å². The summed E-state index contributed by atoms with van der Waals surface area (Å²) < 4.78 is 5.90. The van der Waals surface area contributed by atoms with Gasteiger partial charge in [0, 0.05) is 21.5 Å². The molecule has 1 aromatic heterocycles. The molecule has 0 radical (unpaired) electrons. The SMILES string of the molecule is O=c1[nH]c2c(s1)C(c1ccc(Cl)cc1)C=C(c1ccc(Cl)cc1)O2. The summed E-state index contributed by atoms with van der Waals surface area (Å²) >= 11 is 13.1. The van der Waals surface area contributed by atoms with Gasteiger partial charge < -0.3 is 4.74 Å². The first-order valence-corrected chi connectivity index (χ1v) is 8.81. The number of hydrogen-bond acceptors (Lipinski definition) is 3. The molecule has 0 aliphatic carbocycles. The van der Waals surface area contributed by atoms with E-state index in [-0.39, 0.29) is 10.8 Å². The van der Waals surface area contributed by atoms with E-state index in [1.807, 2.05) is 54.6 Å². The minimum absolute atomic E-state index is 0.0688. The van der Waals surface area contributed by atoms with Crippen LogP contribution in [-0.4, -0.2) is 4.98 Å². The lowest BCUT2D eigenvalue weighted by Gasteiger charge is -2.22. The zero-order valence-corrected chi connectivity index (χ0v) is 14.6. The molecule has 1 unspecified atom stereocenters. The van der Waals surface area contributed by atoms with Crippen LogP contribution in [0.4, 0.5) is 0 Å². The smallest absolute Gasteiger partial charge is 0.307 e. The molecule has 3 aromatic rings. The molecule has 0 saturated carbocycles. The molecule has 24 heavy (non-hydrogen) atoms. The average molecular weight is 376 g/mol. The molecule has 1 aliphatic rings. The quantitative estimate of drug-likeness (QED) is 0.659. The molecule has 3 nitrogen and oxygen atoms in total. The van der Waals surface area contributed by atoms with Gasteiger partial charge in [0.25, 0.3) is 0 Å². The standard InChI is InChI=1S/C18H11Cl2NO2S/c19-12-5-1-10(2-6-12)14-9-15(11-3-7-13(20)8-4-11)23-17-16(14)24-18(22)21-17/h1-9,14H,(H,21,22). The number of hydrogen-bond donors (Lipinski definition) is 1. The van der Waals surface area contributed by atoms with Crippen LogP contribution in [0.1, 0.15) is 21.9 Å². The van der Waals surface area contributed by atoms with Crippen molar-refractivity contribution in [2.75, 3.05) is 0 Å². The van der Waals surface area contributed by atoms with Crippen LogP contribution in [0.3, 0.4) is 0 Å². The first-order valence-electron chi connectivity index (χ1n) is 7.24. The van der Waals surface area contributed by atoms with Gasteiger partial charge in [0.05, 0.1) is 4.88 Å².